The van der Waals surface area contributed by atoms with Gasteiger partial charge >= 0.3 is 23.9 Å². The van der Waals surface area contributed by atoms with Crippen LogP contribution in [0, 0.1) is 29.1 Å². The van der Waals surface area contributed by atoms with E-state index in [1.807, 2.05) is 27.7 Å². The Hall–Kier alpha value is -2.94. The van der Waals surface area contributed by atoms with Crippen LogP contribution in [0.5, 0.6) is 11.5 Å². The molecule has 0 amide bonds. The Morgan fingerprint density at radius 1 is 0.789 bits per heavy atom. The maximum absolute atomic E-state index is 12.7. The zero-order valence-electron chi connectivity index (χ0n) is 24.5. The lowest BCUT2D eigenvalue weighted by molar-refractivity contribution is -0.165. The number of carbonyl (C=O) groups excluding carboxylic acids is 4. The van der Waals surface area contributed by atoms with E-state index in [0.29, 0.717) is 5.56 Å². The molecule has 9 nitrogen and oxygen atoms in total. The molecule has 0 saturated heterocycles. The van der Waals surface area contributed by atoms with Crippen LogP contribution < -0.4 is 15.2 Å². The van der Waals surface area contributed by atoms with Gasteiger partial charge in [-0.3, -0.25) is 19.2 Å². The second-order valence-electron chi connectivity index (χ2n) is 11.6. The Labute approximate surface area is 226 Å². The van der Waals surface area contributed by atoms with Gasteiger partial charge in [0.2, 0.25) is 0 Å². The summed E-state index contributed by atoms with van der Waals surface area (Å²) in [5.41, 5.74) is 5.97. The average Bonchev–Trinajstić information content (AvgIpc) is 2.81. The maximum atomic E-state index is 12.7. The van der Waals surface area contributed by atoms with Crippen molar-refractivity contribution < 1.29 is 38.1 Å². The molecular formula is C29H45NO8. The second-order valence-corrected chi connectivity index (χ2v) is 11.6. The average molecular weight is 536 g/mol. The first-order valence-corrected chi connectivity index (χ1v) is 13.1. The largest absolute Gasteiger partial charge is 0.461 e. The lowest BCUT2D eigenvalue weighted by atomic mass is 9.97. The number of ether oxygens (including phenoxy) is 4. The van der Waals surface area contributed by atoms with Gasteiger partial charge in [-0.25, -0.2) is 0 Å². The Balaban J connectivity index is 2.99. The van der Waals surface area contributed by atoms with E-state index in [1.165, 1.54) is 12.1 Å². The number of hydrogen-bond acceptors (Lipinski definition) is 9. The first kappa shape index (κ1) is 33.1. The summed E-state index contributed by atoms with van der Waals surface area (Å²) in [5, 5.41) is 0. The van der Waals surface area contributed by atoms with Crippen molar-refractivity contribution >= 4 is 23.9 Å². The molecular weight excluding hydrogens is 490 g/mol. The quantitative estimate of drug-likeness (QED) is 0.304. The minimum atomic E-state index is -1.02. The van der Waals surface area contributed by atoms with Crippen LogP contribution in [0.1, 0.15) is 74.8 Å². The van der Waals surface area contributed by atoms with Crippen LogP contribution in [0.3, 0.4) is 0 Å². The molecule has 0 heterocycles. The van der Waals surface area contributed by atoms with Gasteiger partial charge in [-0.2, -0.15) is 0 Å². The molecule has 9 heteroatoms. The molecule has 214 valence electrons. The highest BCUT2D eigenvalue weighted by Crippen LogP contribution is 2.31. The van der Waals surface area contributed by atoms with E-state index in [4.69, 9.17) is 24.7 Å². The second kappa shape index (κ2) is 14.3. The summed E-state index contributed by atoms with van der Waals surface area (Å²) in [6.07, 6.45) is -0.551. The lowest BCUT2D eigenvalue weighted by Crippen LogP contribution is -2.37. The van der Waals surface area contributed by atoms with Crippen molar-refractivity contribution in [1.29, 1.82) is 0 Å². The van der Waals surface area contributed by atoms with E-state index >= 15 is 0 Å². The lowest BCUT2D eigenvalue weighted by Gasteiger charge is -2.21. The number of carbonyl (C=O) groups is 4. The molecule has 2 N–H and O–H groups in total. The van der Waals surface area contributed by atoms with E-state index in [1.54, 1.807) is 47.6 Å². The van der Waals surface area contributed by atoms with Crippen LogP contribution in [0.2, 0.25) is 0 Å². The number of rotatable bonds is 12. The number of hydrogen-bond donors (Lipinski definition) is 1. The molecule has 0 spiro atoms. The molecule has 0 bridgehead atoms. The summed E-state index contributed by atoms with van der Waals surface area (Å²) in [6, 6.07) is 3.68. The molecule has 0 aliphatic carbocycles. The van der Waals surface area contributed by atoms with Gasteiger partial charge in [0.05, 0.1) is 17.3 Å². The molecule has 0 aliphatic heterocycles. The van der Waals surface area contributed by atoms with E-state index in [-0.39, 0.29) is 48.2 Å². The SMILES string of the molecule is CC(C)C(C)C(=O)Oc1ccc(C[C@H](N)C(=O)OC[C@H](C)OC(=O)C(C)(C)C)cc1OC(=O)C(C)C(C)C. The van der Waals surface area contributed by atoms with E-state index in [9.17, 15) is 19.2 Å². The van der Waals surface area contributed by atoms with Crippen molar-refractivity contribution in [3.63, 3.8) is 0 Å². The Morgan fingerprint density at radius 2 is 1.29 bits per heavy atom. The first-order valence-electron chi connectivity index (χ1n) is 13.1. The normalized spacial score (nSPS) is 14.9. The highest BCUT2D eigenvalue weighted by molar-refractivity contribution is 5.79. The van der Waals surface area contributed by atoms with Gasteiger partial charge in [0.15, 0.2) is 11.5 Å². The monoisotopic (exact) mass is 535 g/mol. The highest BCUT2D eigenvalue weighted by atomic mass is 16.6. The Morgan fingerprint density at radius 3 is 1.76 bits per heavy atom. The van der Waals surface area contributed by atoms with Crippen molar-refractivity contribution in [3.05, 3.63) is 23.8 Å². The summed E-state index contributed by atoms with van der Waals surface area (Å²) >= 11 is 0. The van der Waals surface area contributed by atoms with E-state index in [0.717, 1.165) is 0 Å². The predicted octanol–water partition coefficient (Wildman–Crippen LogP) is 4.47. The number of nitrogens with two attached hydrogens (primary N) is 1. The van der Waals surface area contributed by atoms with Crippen LogP contribution in [0.4, 0.5) is 0 Å². The third-order valence-electron chi connectivity index (χ3n) is 6.31. The molecule has 0 radical (unpaired) electrons. The number of benzene rings is 1. The fourth-order valence-corrected chi connectivity index (χ4v) is 2.83. The van der Waals surface area contributed by atoms with Crippen LogP contribution in [0.15, 0.2) is 18.2 Å². The fourth-order valence-electron chi connectivity index (χ4n) is 2.83. The van der Waals surface area contributed by atoms with Crippen molar-refractivity contribution in [1.82, 2.24) is 0 Å². The van der Waals surface area contributed by atoms with Crippen molar-refractivity contribution in [3.8, 4) is 11.5 Å². The molecule has 0 fully saturated rings. The molecule has 0 aliphatic rings. The third kappa shape index (κ3) is 10.4. The van der Waals surface area contributed by atoms with Crippen molar-refractivity contribution in [2.75, 3.05) is 6.61 Å². The fraction of sp³-hybridized carbons (Fsp3) is 0.655. The minimum Gasteiger partial charge on any atom is -0.461 e. The van der Waals surface area contributed by atoms with Gasteiger partial charge in [-0.1, -0.05) is 47.6 Å². The zero-order valence-corrected chi connectivity index (χ0v) is 24.5. The van der Waals surface area contributed by atoms with Gasteiger partial charge < -0.3 is 24.7 Å². The van der Waals surface area contributed by atoms with Crippen LogP contribution in [-0.2, 0) is 35.1 Å². The highest BCUT2D eigenvalue weighted by Gasteiger charge is 2.27. The molecule has 4 atom stereocenters. The molecule has 2 unspecified atom stereocenters. The Bertz CT molecular complexity index is 979. The third-order valence-corrected chi connectivity index (χ3v) is 6.31. The topological polar surface area (TPSA) is 131 Å². The molecule has 38 heavy (non-hydrogen) atoms. The zero-order chi connectivity index (χ0) is 29.4. The van der Waals surface area contributed by atoms with E-state index < -0.39 is 41.4 Å². The Kier molecular flexibility index (Phi) is 12.4. The summed E-state index contributed by atoms with van der Waals surface area (Å²) in [4.78, 5) is 49.7. The first-order chi connectivity index (χ1) is 17.4. The smallest absolute Gasteiger partial charge is 0.323 e. The van der Waals surface area contributed by atoms with Gasteiger partial charge in [0, 0.05) is 0 Å². The molecule has 1 aromatic rings. The standard InChI is InChI=1S/C29H45NO8/c1-16(2)19(6)25(31)37-23-12-11-21(14-24(23)38-26(32)20(7)17(3)4)13-22(30)27(33)35-15-18(5)36-28(34)29(8,9)10/h11-12,14,16-20,22H,13,15,30H2,1-10H3/t18-,19?,20?,22-/m0/s1. The molecule has 1 aromatic carbocycles. The van der Waals surface area contributed by atoms with Gasteiger partial charge in [0.1, 0.15) is 18.8 Å². The minimum absolute atomic E-state index is 0.0471. The van der Waals surface area contributed by atoms with Gasteiger partial charge in [0.25, 0.3) is 0 Å². The summed E-state index contributed by atoms with van der Waals surface area (Å²) < 4.78 is 21.7. The summed E-state index contributed by atoms with van der Waals surface area (Å²) in [7, 11) is 0. The van der Waals surface area contributed by atoms with Crippen LogP contribution >= 0.6 is 0 Å². The van der Waals surface area contributed by atoms with Gasteiger partial charge in [-0.15, -0.1) is 0 Å². The van der Waals surface area contributed by atoms with Crippen molar-refractivity contribution in [2.45, 2.75) is 87.8 Å². The van der Waals surface area contributed by atoms with Gasteiger partial charge in [-0.05, 0) is 63.6 Å². The van der Waals surface area contributed by atoms with Crippen LogP contribution in [-0.4, -0.2) is 42.6 Å². The van der Waals surface area contributed by atoms with Crippen molar-refractivity contribution in [2.24, 2.45) is 34.8 Å². The molecule has 0 saturated carbocycles. The number of esters is 4. The van der Waals surface area contributed by atoms with Crippen LogP contribution in [0.25, 0.3) is 0 Å². The van der Waals surface area contributed by atoms with E-state index in [2.05, 4.69) is 0 Å². The molecule has 0 aromatic heterocycles. The summed E-state index contributed by atoms with van der Waals surface area (Å²) in [6.45, 7) is 17.9. The summed E-state index contributed by atoms with van der Waals surface area (Å²) in [5.74, 6) is -2.42. The predicted molar refractivity (Wildman–Crippen MR) is 143 cm³/mol. The maximum Gasteiger partial charge on any atom is 0.323 e. The molecule has 1 rings (SSSR count).